The molecule has 1 aliphatic rings. The van der Waals surface area contributed by atoms with Crippen LogP contribution in [0, 0.1) is 11.7 Å². The maximum atomic E-state index is 14.3. The second kappa shape index (κ2) is 9.05. The molecular formula is C22H27FN2O3S. The number of anilines is 1. The van der Waals surface area contributed by atoms with E-state index in [4.69, 9.17) is 0 Å². The van der Waals surface area contributed by atoms with Gasteiger partial charge in [0.05, 0.1) is 0 Å². The zero-order chi connectivity index (χ0) is 21.0. The van der Waals surface area contributed by atoms with Gasteiger partial charge in [0.25, 0.3) is 5.91 Å². The van der Waals surface area contributed by atoms with Crippen LogP contribution < -0.4 is 10.0 Å². The molecule has 7 heteroatoms. The van der Waals surface area contributed by atoms with Crippen molar-refractivity contribution in [2.24, 2.45) is 5.92 Å². The summed E-state index contributed by atoms with van der Waals surface area (Å²) >= 11 is 0. The zero-order valence-corrected chi connectivity index (χ0v) is 17.6. The topological polar surface area (TPSA) is 75.3 Å². The number of carbonyl (C=O) groups is 1. The van der Waals surface area contributed by atoms with E-state index < -0.39 is 26.6 Å². The number of hydrogen-bond acceptors (Lipinski definition) is 3. The van der Waals surface area contributed by atoms with Crippen LogP contribution in [0.3, 0.4) is 0 Å². The molecule has 2 atom stereocenters. The van der Waals surface area contributed by atoms with Gasteiger partial charge < -0.3 is 5.32 Å². The molecule has 2 aromatic carbocycles. The minimum atomic E-state index is -4.07. The number of halogens is 1. The van der Waals surface area contributed by atoms with Gasteiger partial charge in [0.1, 0.15) is 10.7 Å². The number of amides is 1. The maximum absolute atomic E-state index is 14.3. The lowest BCUT2D eigenvalue weighted by Crippen LogP contribution is -2.41. The summed E-state index contributed by atoms with van der Waals surface area (Å²) in [6, 6.07) is 10.6. The van der Waals surface area contributed by atoms with E-state index in [9.17, 15) is 17.6 Å². The number of rotatable bonds is 6. The second-order valence-electron chi connectivity index (χ2n) is 7.64. The molecule has 1 aliphatic carbocycles. The average Bonchev–Trinajstić information content (AvgIpc) is 2.70. The summed E-state index contributed by atoms with van der Waals surface area (Å²) in [5.41, 5.74) is 1.82. The van der Waals surface area contributed by atoms with Crippen LogP contribution in [-0.2, 0) is 16.4 Å². The Bertz CT molecular complexity index is 974. The van der Waals surface area contributed by atoms with Crippen molar-refractivity contribution >= 4 is 21.6 Å². The Labute approximate surface area is 171 Å². The third-order valence-corrected chi connectivity index (χ3v) is 7.03. The third kappa shape index (κ3) is 5.22. The summed E-state index contributed by atoms with van der Waals surface area (Å²) in [7, 11) is -4.07. The maximum Gasteiger partial charge on any atom is 0.255 e. The Morgan fingerprint density at radius 1 is 1.10 bits per heavy atom. The predicted molar refractivity (Wildman–Crippen MR) is 112 cm³/mol. The number of aryl methyl sites for hydroxylation is 1. The van der Waals surface area contributed by atoms with Crippen LogP contribution in [0.5, 0.6) is 0 Å². The molecule has 1 fully saturated rings. The molecule has 156 valence electrons. The lowest BCUT2D eigenvalue weighted by molar-refractivity contribution is 0.102. The third-order valence-electron chi connectivity index (χ3n) is 5.52. The Hall–Kier alpha value is -2.25. The van der Waals surface area contributed by atoms with Crippen molar-refractivity contribution in [3.63, 3.8) is 0 Å². The summed E-state index contributed by atoms with van der Waals surface area (Å²) in [5, 5.41) is 2.72. The standard InChI is InChI=1S/C22H27FN2O3S/c1-3-16-8-11-18(12-9-16)24-22(26)17-10-13-19(23)21(14-17)29(27,28)25-20-7-5-4-6-15(20)2/h8-15,20,25H,3-7H2,1-2H3,(H,24,26)/t15-,20-/m1/s1. The van der Waals surface area contributed by atoms with Gasteiger partial charge in [-0.05, 0) is 61.1 Å². The molecule has 0 bridgehead atoms. The molecule has 0 radical (unpaired) electrons. The Morgan fingerprint density at radius 2 is 1.79 bits per heavy atom. The molecule has 1 amide bonds. The largest absolute Gasteiger partial charge is 0.322 e. The first-order valence-corrected chi connectivity index (χ1v) is 11.5. The van der Waals surface area contributed by atoms with Gasteiger partial charge in [0.15, 0.2) is 0 Å². The fourth-order valence-corrected chi connectivity index (χ4v) is 5.11. The van der Waals surface area contributed by atoms with Crippen molar-refractivity contribution in [2.45, 2.75) is 56.9 Å². The fraction of sp³-hybridized carbons (Fsp3) is 0.409. The predicted octanol–water partition coefficient (Wildman–Crippen LogP) is 4.50. The lowest BCUT2D eigenvalue weighted by Gasteiger charge is -2.29. The second-order valence-corrected chi connectivity index (χ2v) is 9.32. The molecule has 29 heavy (non-hydrogen) atoms. The van der Waals surface area contributed by atoms with E-state index in [2.05, 4.69) is 10.0 Å². The average molecular weight is 419 g/mol. The molecule has 1 saturated carbocycles. The summed E-state index contributed by atoms with van der Waals surface area (Å²) in [6.45, 7) is 4.03. The highest BCUT2D eigenvalue weighted by molar-refractivity contribution is 7.89. The van der Waals surface area contributed by atoms with Gasteiger partial charge in [0, 0.05) is 17.3 Å². The van der Waals surface area contributed by atoms with Crippen molar-refractivity contribution in [1.29, 1.82) is 0 Å². The van der Waals surface area contributed by atoms with Crippen molar-refractivity contribution in [3.05, 3.63) is 59.4 Å². The number of benzene rings is 2. The quantitative estimate of drug-likeness (QED) is 0.725. The molecule has 5 nitrogen and oxygen atoms in total. The van der Waals surface area contributed by atoms with Gasteiger partial charge in [-0.15, -0.1) is 0 Å². The SMILES string of the molecule is CCc1ccc(NC(=O)c2ccc(F)c(S(=O)(=O)N[C@@H]3CCCC[C@H]3C)c2)cc1. The van der Waals surface area contributed by atoms with E-state index in [1.807, 2.05) is 26.0 Å². The summed E-state index contributed by atoms with van der Waals surface area (Å²) in [4.78, 5) is 12.1. The highest BCUT2D eigenvalue weighted by atomic mass is 32.2. The van der Waals surface area contributed by atoms with Gasteiger partial charge >= 0.3 is 0 Å². The first-order valence-electron chi connectivity index (χ1n) is 10.0. The number of hydrogen-bond donors (Lipinski definition) is 2. The molecule has 0 unspecified atom stereocenters. The molecule has 2 N–H and O–H groups in total. The van der Waals surface area contributed by atoms with E-state index in [0.29, 0.717) is 5.69 Å². The van der Waals surface area contributed by atoms with E-state index in [1.54, 1.807) is 12.1 Å². The van der Waals surface area contributed by atoms with Crippen LogP contribution in [0.4, 0.5) is 10.1 Å². The van der Waals surface area contributed by atoms with Crippen molar-refractivity contribution < 1.29 is 17.6 Å². The van der Waals surface area contributed by atoms with Crippen molar-refractivity contribution in [2.75, 3.05) is 5.32 Å². The van der Waals surface area contributed by atoms with E-state index in [-0.39, 0.29) is 17.5 Å². The molecule has 2 aromatic rings. The van der Waals surface area contributed by atoms with Crippen molar-refractivity contribution in [1.82, 2.24) is 4.72 Å². The number of carbonyl (C=O) groups excluding carboxylic acids is 1. The fourth-order valence-electron chi connectivity index (χ4n) is 3.63. The van der Waals surface area contributed by atoms with Crippen LogP contribution in [0.2, 0.25) is 0 Å². The van der Waals surface area contributed by atoms with Crippen LogP contribution in [0.25, 0.3) is 0 Å². The van der Waals surface area contributed by atoms with Gasteiger partial charge in [-0.2, -0.15) is 0 Å². The summed E-state index contributed by atoms with van der Waals surface area (Å²) in [6.07, 6.45) is 4.58. The first kappa shape index (κ1) is 21.5. The van der Waals surface area contributed by atoms with Gasteiger partial charge in [-0.25, -0.2) is 17.5 Å². The van der Waals surface area contributed by atoms with E-state index in [1.165, 1.54) is 6.07 Å². The Kier molecular flexibility index (Phi) is 6.70. The monoisotopic (exact) mass is 418 g/mol. The van der Waals surface area contributed by atoms with Gasteiger partial charge in [-0.3, -0.25) is 4.79 Å². The molecule has 0 aromatic heterocycles. The minimum Gasteiger partial charge on any atom is -0.322 e. The Balaban J connectivity index is 1.80. The summed E-state index contributed by atoms with van der Waals surface area (Å²) < 4.78 is 42.5. The van der Waals surface area contributed by atoms with Crippen LogP contribution >= 0.6 is 0 Å². The molecular weight excluding hydrogens is 391 g/mol. The van der Waals surface area contributed by atoms with E-state index in [0.717, 1.165) is 49.8 Å². The lowest BCUT2D eigenvalue weighted by atomic mass is 9.87. The Morgan fingerprint density at radius 3 is 2.45 bits per heavy atom. The molecule has 0 saturated heterocycles. The minimum absolute atomic E-state index is 0.0861. The van der Waals surface area contributed by atoms with Crippen LogP contribution in [-0.4, -0.2) is 20.4 Å². The first-order chi connectivity index (χ1) is 13.8. The van der Waals surface area contributed by atoms with Gasteiger partial charge in [-0.1, -0.05) is 38.8 Å². The summed E-state index contributed by atoms with van der Waals surface area (Å²) in [5.74, 6) is -1.17. The molecule has 0 heterocycles. The van der Waals surface area contributed by atoms with E-state index >= 15 is 0 Å². The van der Waals surface area contributed by atoms with Crippen LogP contribution in [0.15, 0.2) is 47.4 Å². The number of nitrogens with one attached hydrogen (secondary N) is 2. The molecule has 0 spiro atoms. The highest BCUT2D eigenvalue weighted by Gasteiger charge is 2.29. The normalized spacial score (nSPS) is 19.7. The van der Waals surface area contributed by atoms with Gasteiger partial charge in [0.2, 0.25) is 10.0 Å². The number of sulfonamides is 1. The smallest absolute Gasteiger partial charge is 0.255 e. The highest BCUT2D eigenvalue weighted by Crippen LogP contribution is 2.26. The molecule has 0 aliphatic heterocycles. The zero-order valence-electron chi connectivity index (χ0n) is 16.7. The molecule has 3 rings (SSSR count). The van der Waals surface area contributed by atoms with Crippen molar-refractivity contribution in [3.8, 4) is 0 Å². The van der Waals surface area contributed by atoms with Crippen LogP contribution in [0.1, 0.15) is 55.5 Å².